The first-order valence-electron chi connectivity index (χ1n) is 9.36. The third kappa shape index (κ3) is 3.53. The summed E-state index contributed by atoms with van der Waals surface area (Å²) in [6, 6.07) is 16.2. The average Bonchev–Trinajstić information content (AvgIpc) is 3.08. The molecule has 150 valence electrons. The first kappa shape index (κ1) is 19.3. The van der Waals surface area contributed by atoms with Gasteiger partial charge in [0, 0.05) is 25.1 Å². The number of ketones is 1. The molecule has 2 aromatic carbocycles. The van der Waals surface area contributed by atoms with Gasteiger partial charge in [0.15, 0.2) is 11.4 Å². The van der Waals surface area contributed by atoms with E-state index in [-0.39, 0.29) is 23.8 Å². The molecule has 0 spiro atoms. The molecule has 2 heterocycles. The van der Waals surface area contributed by atoms with Crippen LogP contribution in [-0.4, -0.2) is 28.3 Å². The van der Waals surface area contributed by atoms with Crippen molar-refractivity contribution in [2.45, 2.75) is 13.5 Å². The molecule has 0 aliphatic heterocycles. The van der Waals surface area contributed by atoms with Gasteiger partial charge in [0.05, 0.1) is 11.1 Å². The van der Waals surface area contributed by atoms with Crippen molar-refractivity contribution < 1.29 is 14.0 Å². The summed E-state index contributed by atoms with van der Waals surface area (Å²) in [7, 11) is 1.65. The molecule has 0 saturated carbocycles. The third-order valence-corrected chi connectivity index (χ3v) is 4.97. The lowest BCUT2D eigenvalue weighted by atomic mass is 10.0. The highest BCUT2D eigenvalue weighted by molar-refractivity contribution is 6.06. The fourth-order valence-corrected chi connectivity index (χ4v) is 3.32. The molecule has 7 heteroatoms. The average molecular weight is 401 g/mol. The molecule has 0 atom stereocenters. The maximum absolute atomic E-state index is 12.8. The molecule has 0 aliphatic carbocycles. The Morgan fingerprint density at radius 1 is 1.03 bits per heavy atom. The summed E-state index contributed by atoms with van der Waals surface area (Å²) in [5.74, 6) is -1.21. The molecule has 0 N–H and O–H groups in total. The molecule has 0 unspecified atom stereocenters. The number of nitrogens with zero attached hydrogens (tertiary/aromatic N) is 3. The van der Waals surface area contributed by atoms with E-state index in [4.69, 9.17) is 4.42 Å². The minimum Gasteiger partial charge on any atom is -0.407 e. The Hall–Kier alpha value is -4.00. The Kier molecular flexibility index (Phi) is 5.02. The summed E-state index contributed by atoms with van der Waals surface area (Å²) in [6.07, 6.45) is 3.29. The van der Waals surface area contributed by atoms with Crippen molar-refractivity contribution in [2.75, 3.05) is 11.9 Å². The predicted octanol–water partition coefficient (Wildman–Crippen LogP) is 3.52. The SMILES string of the molecule is CC(=O)c1cc(-c2ccncc2)cc2c1oc(=O)n2CC(=O)N(C)c1ccccc1. The van der Waals surface area contributed by atoms with E-state index in [1.165, 1.54) is 16.4 Å². The number of hydrogen-bond acceptors (Lipinski definition) is 5. The van der Waals surface area contributed by atoms with Gasteiger partial charge in [-0.3, -0.25) is 19.1 Å². The van der Waals surface area contributed by atoms with Gasteiger partial charge in [-0.1, -0.05) is 18.2 Å². The molecule has 0 saturated heterocycles. The van der Waals surface area contributed by atoms with E-state index < -0.39 is 5.76 Å². The van der Waals surface area contributed by atoms with E-state index >= 15 is 0 Å². The molecule has 1 amide bonds. The minimum absolute atomic E-state index is 0.181. The zero-order chi connectivity index (χ0) is 21.3. The van der Waals surface area contributed by atoms with Gasteiger partial charge in [0.1, 0.15) is 6.54 Å². The van der Waals surface area contributed by atoms with Gasteiger partial charge in [-0.2, -0.15) is 0 Å². The molecule has 7 nitrogen and oxygen atoms in total. The lowest BCUT2D eigenvalue weighted by Crippen LogP contribution is -2.32. The van der Waals surface area contributed by atoms with Crippen LogP contribution in [0, 0.1) is 0 Å². The number of Topliss-reactive ketones (excluding diaryl/α,β-unsaturated/α-hetero) is 1. The number of likely N-dealkylation sites (N-methyl/N-ethyl adjacent to an activating group) is 1. The second kappa shape index (κ2) is 7.79. The van der Waals surface area contributed by atoms with Gasteiger partial charge in [-0.05, 0) is 54.4 Å². The number of anilines is 1. The van der Waals surface area contributed by atoms with Crippen LogP contribution in [-0.2, 0) is 11.3 Å². The number of oxazole rings is 1. The molecule has 4 rings (SSSR count). The van der Waals surface area contributed by atoms with E-state index in [0.717, 1.165) is 11.1 Å². The van der Waals surface area contributed by atoms with E-state index in [0.29, 0.717) is 16.8 Å². The van der Waals surface area contributed by atoms with Crippen molar-refractivity contribution >= 4 is 28.5 Å². The zero-order valence-corrected chi connectivity index (χ0v) is 16.5. The van der Waals surface area contributed by atoms with Gasteiger partial charge in [0.25, 0.3) is 0 Å². The number of amides is 1. The molecule has 2 aromatic heterocycles. The summed E-state index contributed by atoms with van der Waals surface area (Å²) in [6.45, 7) is 1.20. The number of hydrogen-bond donors (Lipinski definition) is 0. The monoisotopic (exact) mass is 401 g/mol. The first-order valence-corrected chi connectivity index (χ1v) is 9.36. The number of benzene rings is 2. The number of rotatable bonds is 5. The minimum atomic E-state index is -0.686. The van der Waals surface area contributed by atoms with Gasteiger partial charge in [0.2, 0.25) is 5.91 Å². The van der Waals surface area contributed by atoms with Crippen molar-refractivity contribution in [1.82, 2.24) is 9.55 Å². The number of fused-ring (bicyclic) bond motifs is 1. The normalized spacial score (nSPS) is 10.9. The number of para-hydroxylation sites is 1. The van der Waals surface area contributed by atoms with Crippen molar-refractivity contribution in [3.05, 3.63) is 83.1 Å². The molecule has 0 bridgehead atoms. The van der Waals surface area contributed by atoms with Gasteiger partial charge >= 0.3 is 5.76 Å². The van der Waals surface area contributed by atoms with Crippen LogP contribution in [0.5, 0.6) is 0 Å². The van der Waals surface area contributed by atoms with Gasteiger partial charge < -0.3 is 9.32 Å². The Morgan fingerprint density at radius 3 is 2.40 bits per heavy atom. The summed E-state index contributed by atoms with van der Waals surface area (Å²) in [5.41, 5.74) is 3.15. The number of aromatic nitrogens is 2. The smallest absolute Gasteiger partial charge is 0.407 e. The van der Waals surface area contributed by atoms with E-state index in [9.17, 15) is 14.4 Å². The Bertz CT molecular complexity index is 1290. The first-order chi connectivity index (χ1) is 14.5. The summed E-state index contributed by atoms with van der Waals surface area (Å²) < 4.78 is 6.63. The molecular weight excluding hydrogens is 382 g/mol. The highest BCUT2D eigenvalue weighted by Crippen LogP contribution is 2.28. The fraction of sp³-hybridized carbons (Fsp3) is 0.130. The van der Waals surface area contributed by atoms with Crippen LogP contribution in [0.1, 0.15) is 17.3 Å². The third-order valence-electron chi connectivity index (χ3n) is 4.97. The Labute approximate surface area is 172 Å². The van der Waals surface area contributed by atoms with E-state index in [2.05, 4.69) is 4.98 Å². The van der Waals surface area contributed by atoms with Crippen LogP contribution in [0.4, 0.5) is 5.69 Å². The molecule has 0 fully saturated rings. The topological polar surface area (TPSA) is 85.4 Å². The van der Waals surface area contributed by atoms with E-state index in [1.807, 2.05) is 42.5 Å². The predicted molar refractivity (Wildman–Crippen MR) is 114 cm³/mol. The zero-order valence-electron chi connectivity index (χ0n) is 16.5. The lowest BCUT2D eigenvalue weighted by Gasteiger charge is -2.17. The fourth-order valence-electron chi connectivity index (χ4n) is 3.32. The van der Waals surface area contributed by atoms with Crippen LogP contribution in [0.25, 0.3) is 22.2 Å². The van der Waals surface area contributed by atoms with Crippen LogP contribution in [0.2, 0.25) is 0 Å². The van der Waals surface area contributed by atoms with E-state index in [1.54, 1.807) is 31.6 Å². The van der Waals surface area contributed by atoms with Crippen molar-refractivity contribution in [3.63, 3.8) is 0 Å². The van der Waals surface area contributed by atoms with Crippen LogP contribution < -0.4 is 10.7 Å². The largest absolute Gasteiger partial charge is 0.420 e. The second-order valence-electron chi connectivity index (χ2n) is 6.91. The van der Waals surface area contributed by atoms with Crippen LogP contribution in [0.15, 0.2) is 76.2 Å². The molecule has 30 heavy (non-hydrogen) atoms. The van der Waals surface area contributed by atoms with Gasteiger partial charge in [-0.15, -0.1) is 0 Å². The maximum Gasteiger partial charge on any atom is 0.420 e. The second-order valence-corrected chi connectivity index (χ2v) is 6.91. The van der Waals surface area contributed by atoms with Crippen LogP contribution in [0.3, 0.4) is 0 Å². The van der Waals surface area contributed by atoms with Crippen molar-refractivity contribution in [1.29, 1.82) is 0 Å². The van der Waals surface area contributed by atoms with Gasteiger partial charge in [-0.25, -0.2) is 4.79 Å². The maximum atomic E-state index is 12.8. The Balaban J connectivity index is 1.81. The highest BCUT2D eigenvalue weighted by atomic mass is 16.4. The van der Waals surface area contributed by atoms with Crippen molar-refractivity contribution in [2.24, 2.45) is 0 Å². The number of carbonyl (C=O) groups is 2. The van der Waals surface area contributed by atoms with Crippen LogP contribution >= 0.6 is 0 Å². The molecule has 0 aliphatic rings. The van der Waals surface area contributed by atoms with Crippen molar-refractivity contribution in [3.8, 4) is 11.1 Å². The molecular formula is C23H19N3O4. The lowest BCUT2D eigenvalue weighted by molar-refractivity contribution is -0.118. The Morgan fingerprint density at radius 2 is 1.73 bits per heavy atom. The standard InChI is InChI=1S/C23H19N3O4/c1-15(27)19-12-17(16-8-10-24-11-9-16)13-20-22(19)30-23(29)26(20)14-21(28)25(2)18-6-4-3-5-7-18/h3-13H,14H2,1-2H3. The molecule has 4 aromatic rings. The summed E-state index contributed by atoms with van der Waals surface area (Å²) in [5, 5.41) is 0. The number of pyridine rings is 1. The summed E-state index contributed by atoms with van der Waals surface area (Å²) >= 11 is 0. The summed E-state index contributed by atoms with van der Waals surface area (Å²) in [4.78, 5) is 43.1. The number of carbonyl (C=O) groups excluding carboxylic acids is 2. The highest BCUT2D eigenvalue weighted by Gasteiger charge is 2.21. The quantitative estimate of drug-likeness (QED) is 0.478. The molecule has 0 radical (unpaired) electrons.